The average Bonchev–Trinajstić information content (AvgIpc) is 2.47. The van der Waals surface area contributed by atoms with Crippen molar-refractivity contribution < 1.29 is 5.11 Å². The van der Waals surface area contributed by atoms with Crippen molar-refractivity contribution in [2.24, 2.45) is 5.73 Å². The van der Waals surface area contributed by atoms with E-state index in [9.17, 15) is 5.11 Å². The van der Waals surface area contributed by atoms with Crippen LogP contribution in [0, 0.1) is 6.92 Å². The number of nitrogens with two attached hydrogens (primary N) is 1. The zero-order valence-corrected chi connectivity index (χ0v) is 8.90. The first-order chi connectivity index (χ1) is 6.19. The summed E-state index contributed by atoms with van der Waals surface area (Å²) >= 11 is 1.58. The average molecular weight is 200 g/mol. The Labute approximate surface area is 82.6 Å². The molecule has 0 aliphatic rings. The van der Waals surface area contributed by atoms with Gasteiger partial charge in [-0.25, -0.2) is 4.98 Å². The predicted molar refractivity (Wildman–Crippen MR) is 54.9 cm³/mol. The van der Waals surface area contributed by atoms with Crippen molar-refractivity contribution in [1.82, 2.24) is 4.98 Å². The van der Waals surface area contributed by atoms with Gasteiger partial charge in [-0.15, -0.1) is 11.3 Å². The minimum absolute atomic E-state index is 0.407. The molecule has 1 rings (SSSR count). The van der Waals surface area contributed by atoms with Crippen LogP contribution in [-0.4, -0.2) is 16.6 Å². The van der Waals surface area contributed by atoms with Gasteiger partial charge in [0.05, 0.1) is 5.69 Å². The van der Waals surface area contributed by atoms with Crippen LogP contribution in [-0.2, 0) is 6.42 Å². The zero-order valence-electron chi connectivity index (χ0n) is 8.08. The molecule has 1 aromatic heterocycles. The lowest BCUT2D eigenvalue weighted by Crippen LogP contribution is -2.01. The largest absolute Gasteiger partial charge is 0.386 e. The fraction of sp³-hybridized carbons (Fsp3) is 0.667. The van der Waals surface area contributed by atoms with Crippen LogP contribution < -0.4 is 5.73 Å². The molecular formula is C9H16N2OS. The van der Waals surface area contributed by atoms with Crippen LogP contribution in [0.15, 0.2) is 0 Å². The van der Waals surface area contributed by atoms with Gasteiger partial charge < -0.3 is 10.8 Å². The highest BCUT2D eigenvalue weighted by Gasteiger charge is 2.12. The standard InChI is InChI=1S/C9H16N2OS/c1-3-7(12)9-11-6(2)8(13-9)4-5-10/h7,12H,3-5,10H2,1-2H3. The van der Waals surface area contributed by atoms with Gasteiger partial charge in [0.25, 0.3) is 0 Å². The molecule has 0 aromatic carbocycles. The van der Waals surface area contributed by atoms with E-state index < -0.39 is 6.10 Å². The van der Waals surface area contributed by atoms with Gasteiger partial charge in [0.1, 0.15) is 11.1 Å². The topological polar surface area (TPSA) is 59.1 Å². The summed E-state index contributed by atoms with van der Waals surface area (Å²) in [6, 6.07) is 0. The highest BCUT2D eigenvalue weighted by Crippen LogP contribution is 2.25. The van der Waals surface area contributed by atoms with E-state index in [-0.39, 0.29) is 0 Å². The minimum atomic E-state index is -0.407. The zero-order chi connectivity index (χ0) is 9.84. The summed E-state index contributed by atoms with van der Waals surface area (Å²) in [7, 11) is 0. The van der Waals surface area contributed by atoms with Crippen molar-refractivity contribution in [3.63, 3.8) is 0 Å². The predicted octanol–water partition coefficient (Wildman–Crippen LogP) is 1.40. The van der Waals surface area contributed by atoms with Crippen molar-refractivity contribution in [2.75, 3.05) is 6.54 Å². The Morgan fingerprint density at radius 3 is 2.85 bits per heavy atom. The Bertz CT molecular complexity index is 273. The van der Waals surface area contributed by atoms with E-state index in [0.717, 1.165) is 23.5 Å². The van der Waals surface area contributed by atoms with E-state index in [1.54, 1.807) is 11.3 Å². The number of aryl methyl sites for hydroxylation is 1. The second-order valence-electron chi connectivity index (χ2n) is 3.02. The van der Waals surface area contributed by atoms with Crippen molar-refractivity contribution in [2.45, 2.75) is 32.8 Å². The minimum Gasteiger partial charge on any atom is -0.386 e. The molecule has 0 bridgehead atoms. The molecule has 0 amide bonds. The Morgan fingerprint density at radius 2 is 2.31 bits per heavy atom. The van der Waals surface area contributed by atoms with Gasteiger partial charge in [0.15, 0.2) is 0 Å². The summed E-state index contributed by atoms with van der Waals surface area (Å²) in [4.78, 5) is 5.51. The van der Waals surface area contributed by atoms with Gasteiger partial charge in [-0.3, -0.25) is 0 Å². The number of hydrogen-bond donors (Lipinski definition) is 2. The first-order valence-electron chi connectivity index (χ1n) is 4.53. The molecule has 74 valence electrons. The molecular weight excluding hydrogens is 184 g/mol. The second kappa shape index (κ2) is 4.69. The number of aliphatic hydroxyl groups is 1. The molecule has 0 radical (unpaired) electrons. The van der Waals surface area contributed by atoms with E-state index in [1.807, 2.05) is 13.8 Å². The number of aliphatic hydroxyl groups excluding tert-OH is 1. The van der Waals surface area contributed by atoms with Crippen LogP contribution in [0.5, 0.6) is 0 Å². The van der Waals surface area contributed by atoms with Gasteiger partial charge in [0, 0.05) is 4.88 Å². The molecule has 1 heterocycles. The van der Waals surface area contributed by atoms with Crippen LogP contribution >= 0.6 is 11.3 Å². The molecule has 3 nitrogen and oxygen atoms in total. The molecule has 0 fully saturated rings. The Hall–Kier alpha value is -0.450. The number of hydrogen-bond acceptors (Lipinski definition) is 4. The summed E-state index contributed by atoms with van der Waals surface area (Å²) < 4.78 is 0. The van der Waals surface area contributed by atoms with Gasteiger partial charge in [-0.05, 0) is 26.3 Å². The quantitative estimate of drug-likeness (QED) is 0.772. The molecule has 1 atom stereocenters. The summed E-state index contributed by atoms with van der Waals surface area (Å²) in [5.74, 6) is 0. The lowest BCUT2D eigenvalue weighted by molar-refractivity contribution is 0.173. The molecule has 4 heteroatoms. The summed E-state index contributed by atoms with van der Waals surface area (Å²) in [6.45, 7) is 4.56. The van der Waals surface area contributed by atoms with Crippen LogP contribution in [0.2, 0.25) is 0 Å². The smallest absolute Gasteiger partial charge is 0.122 e. The molecule has 1 aromatic rings. The third kappa shape index (κ3) is 2.49. The van der Waals surface area contributed by atoms with E-state index in [1.165, 1.54) is 4.88 Å². The monoisotopic (exact) mass is 200 g/mol. The normalized spacial score (nSPS) is 13.2. The summed E-state index contributed by atoms with van der Waals surface area (Å²) in [6.07, 6.45) is 1.17. The molecule has 0 saturated heterocycles. The Kier molecular flexibility index (Phi) is 3.84. The lowest BCUT2D eigenvalue weighted by atomic mass is 10.3. The maximum absolute atomic E-state index is 9.55. The van der Waals surface area contributed by atoms with Crippen molar-refractivity contribution in [1.29, 1.82) is 0 Å². The van der Waals surface area contributed by atoms with Crippen molar-refractivity contribution in [3.05, 3.63) is 15.6 Å². The van der Waals surface area contributed by atoms with E-state index >= 15 is 0 Å². The van der Waals surface area contributed by atoms with E-state index in [2.05, 4.69) is 4.98 Å². The lowest BCUT2D eigenvalue weighted by Gasteiger charge is -2.00. The fourth-order valence-corrected chi connectivity index (χ4v) is 2.28. The maximum Gasteiger partial charge on any atom is 0.122 e. The van der Waals surface area contributed by atoms with E-state index in [4.69, 9.17) is 5.73 Å². The Morgan fingerprint density at radius 1 is 1.62 bits per heavy atom. The number of thiazole rings is 1. The second-order valence-corrected chi connectivity index (χ2v) is 4.14. The van der Waals surface area contributed by atoms with Crippen LogP contribution in [0.1, 0.15) is 35.0 Å². The number of nitrogens with zero attached hydrogens (tertiary/aromatic N) is 1. The molecule has 0 saturated carbocycles. The van der Waals surface area contributed by atoms with Crippen LogP contribution in [0.25, 0.3) is 0 Å². The number of aromatic nitrogens is 1. The number of rotatable bonds is 4. The highest BCUT2D eigenvalue weighted by molar-refractivity contribution is 7.11. The first-order valence-corrected chi connectivity index (χ1v) is 5.35. The first kappa shape index (κ1) is 10.6. The molecule has 0 spiro atoms. The summed E-state index contributed by atoms with van der Waals surface area (Å²) in [5, 5.41) is 10.4. The van der Waals surface area contributed by atoms with Gasteiger partial charge in [0.2, 0.25) is 0 Å². The highest BCUT2D eigenvalue weighted by atomic mass is 32.1. The van der Waals surface area contributed by atoms with Crippen LogP contribution in [0.3, 0.4) is 0 Å². The molecule has 13 heavy (non-hydrogen) atoms. The molecule has 0 aliphatic carbocycles. The van der Waals surface area contributed by atoms with Crippen molar-refractivity contribution >= 4 is 11.3 Å². The maximum atomic E-state index is 9.55. The summed E-state index contributed by atoms with van der Waals surface area (Å²) in [5.41, 5.74) is 6.48. The third-order valence-corrected chi connectivity index (χ3v) is 3.27. The van der Waals surface area contributed by atoms with Crippen molar-refractivity contribution in [3.8, 4) is 0 Å². The van der Waals surface area contributed by atoms with Gasteiger partial charge >= 0.3 is 0 Å². The van der Waals surface area contributed by atoms with Gasteiger partial charge in [-0.2, -0.15) is 0 Å². The van der Waals surface area contributed by atoms with Gasteiger partial charge in [-0.1, -0.05) is 6.92 Å². The Balaban J connectivity index is 2.81. The van der Waals surface area contributed by atoms with E-state index in [0.29, 0.717) is 6.54 Å². The van der Waals surface area contributed by atoms with Crippen LogP contribution in [0.4, 0.5) is 0 Å². The SMILES string of the molecule is CCC(O)c1nc(C)c(CCN)s1. The molecule has 1 unspecified atom stereocenters. The fourth-order valence-electron chi connectivity index (χ4n) is 1.13. The molecule has 3 N–H and O–H groups in total. The molecule has 0 aliphatic heterocycles. The third-order valence-electron chi connectivity index (χ3n) is 1.95.